The minimum atomic E-state index is -3.31. The van der Waals surface area contributed by atoms with Gasteiger partial charge in [-0.25, -0.2) is 13.1 Å². The molecule has 6 heteroatoms. The van der Waals surface area contributed by atoms with E-state index in [9.17, 15) is 13.5 Å². The lowest BCUT2D eigenvalue weighted by molar-refractivity contribution is 0.0981. The number of sulfonamides is 1. The maximum absolute atomic E-state index is 12.0. The first kappa shape index (κ1) is 13.3. The number of rotatable bonds is 4. The number of benzene rings is 1. The second-order valence-corrected chi connectivity index (χ2v) is 6.39. The highest BCUT2D eigenvalue weighted by Crippen LogP contribution is 2.16. The zero-order valence-corrected chi connectivity index (χ0v) is 10.8. The summed E-state index contributed by atoms with van der Waals surface area (Å²) in [6, 6.07) is 6.56. The van der Waals surface area contributed by atoms with E-state index in [0.29, 0.717) is 26.1 Å². The van der Waals surface area contributed by atoms with Crippen LogP contribution in [0.1, 0.15) is 18.4 Å². The molecule has 0 unspecified atom stereocenters. The summed E-state index contributed by atoms with van der Waals surface area (Å²) in [6.45, 7) is 1.20. The van der Waals surface area contributed by atoms with E-state index in [1.54, 1.807) is 24.3 Å². The normalized spacial score (nSPS) is 17.8. The third-order valence-corrected chi connectivity index (χ3v) is 4.89. The van der Waals surface area contributed by atoms with Crippen LogP contribution >= 0.6 is 0 Å². The lowest BCUT2D eigenvalue weighted by Crippen LogP contribution is -2.37. The fourth-order valence-electron chi connectivity index (χ4n) is 1.95. The molecule has 1 saturated heterocycles. The monoisotopic (exact) mass is 271 g/mol. The second-order valence-electron chi connectivity index (χ2n) is 4.35. The van der Waals surface area contributed by atoms with Gasteiger partial charge in [0.2, 0.25) is 10.0 Å². The van der Waals surface area contributed by atoms with Crippen molar-refractivity contribution in [1.82, 2.24) is 4.72 Å². The van der Waals surface area contributed by atoms with Crippen molar-refractivity contribution < 1.29 is 18.3 Å². The van der Waals surface area contributed by atoms with Crippen molar-refractivity contribution in [3.63, 3.8) is 0 Å². The van der Waals surface area contributed by atoms with Gasteiger partial charge in [0.25, 0.3) is 0 Å². The maximum Gasteiger partial charge on any atom is 0.214 e. The van der Waals surface area contributed by atoms with Gasteiger partial charge in [0.05, 0.1) is 5.25 Å². The first-order valence-corrected chi connectivity index (χ1v) is 7.47. The molecule has 18 heavy (non-hydrogen) atoms. The molecule has 0 saturated carbocycles. The van der Waals surface area contributed by atoms with E-state index < -0.39 is 10.0 Å². The van der Waals surface area contributed by atoms with Crippen molar-refractivity contribution in [2.45, 2.75) is 24.6 Å². The van der Waals surface area contributed by atoms with Crippen LogP contribution in [-0.2, 0) is 21.3 Å². The zero-order valence-electron chi connectivity index (χ0n) is 10.0. The first-order chi connectivity index (χ1) is 8.58. The molecule has 0 spiro atoms. The molecule has 1 aliphatic rings. The van der Waals surface area contributed by atoms with Crippen LogP contribution in [-0.4, -0.2) is 32.0 Å². The van der Waals surface area contributed by atoms with Crippen LogP contribution in [0.2, 0.25) is 0 Å². The smallest absolute Gasteiger partial charge is 0.214 e. The molecular formula is C12H17NO4S. The Morgan fingerprint density at radius 2 is 2.06 bits per heavy atom. The fourth-order valence-corrected chi connectivity index (χ4v) is 3.37. The predicted molar refractivity (Wildman–Crippen MR) is 67.7 cm³/mol. The van der Waals surface area contributed by atoms with E-state index in [1.165, 1.54) is 0 Å². The molecule has 5 nitrogen and oxygen atoms in total. The van der Waals surface area contributed by atoms with E-state index in [-0.39, 0.29) is 17.5 Å². The highest BCUT2D eigenvalue weighted by atomic mass is 32.2. The summed E-state index contributed by atoms with van der Waals surface area (Å²) in [5, 5.41) is 8.93. The van der Waals surface area contributed by atoms with E-state index >= 15 is 0 Å². The van der Waals surface area contributed by atoms with Gasteiger partial charge in [-0.05, 0) is 30.5 Å². The summed E-state index contributed by atoms with van der Waals surface area (Å²) in [7, 11) is -3.31. The summed E-state index contributed by atoms with van der Waals surface area (Å²) >= 11 is 0. The quantitative estimate of drug-likeness (QED) is 0.856. The van der Waals surface area contributed by atoms with Gasteiger partial charge in [-0.2, -0.15) is 0 Å². The van der Waals surface area contributed by atoms with Crippen molar-refractivity contribution in [2.24, 2.45) is 0 Å². The second kappa shape index (κ2) is 5.69. The van der Waals surface area contributed by atoms with E-state index in [1.807, 2.05) is 0 Å². The third kappa shape index (κ3) is 3.44. The van der Waals surface area contributed by atoms with Crippen LogP contribution in [0, 0.1) is 0 Å². The Labute approximate surface area is 107 Å². The zero-order chi connectivity index (χ0) is 13.0. The lowest BCUT2D eigenvalue weighted by Gasteiger charge is -2.22. The van der Waals surface area contributed by atoms with Crippen LogP contribution in [0.4, 0.5) is 0 Å². The van der Waals surface area contributed by atoms with Crippen LogP contribution in [0.3, 0.4) is 0 Å². The number of hydrogen-bond donors (Lipinski definition) is 2. The highest BCUT2D eigenvalue weighted by molar-refractivity contribution is 7.90. The molecule has 0 aliphatic carbocycles. The number of hydrogen-bond acceptors (Lipinski definition) is 4. The average molecular weight is 271 g/mol. The Morgan fingerprint density at radius 1 is 1.33 bits per heavy atom. The van der Waals surface area contributed by atoms with Crippen molar-refractivity contribution in [1.29, 1.82) is 0 Å². The van der Waals surface area contributed by atoms with Gasteiger partial charge < -0.3 is 9.84 Å². The van der Waals surface area contributed by atoms with Crippen molar-refractivity contribution in [3.05, 3.63) is 29.8 Å². The summed E-state index contributed by atoms with van der Waals surface area (Å²) in [5.74, 6) is 0.137. The van der Waals surface area contributed by atoms with Crippen molar-refractivity contribution in [2.75, 3.05) is 13.2 Å². The Bertz CT molecular complexity index is 495. The van der Waals surface area contributed by atoms with Crippen LogP contribution in [0.25, 0.3) is 0 Å². The molecule has 0 amide bonds. The summed E-state index contributed by atoms with van der Waals surface area (Å²) < 4.78 is 31.8. The van der Waals surface area contributed by atoms with Gasteiger partial charge in [-0.1, -0.05) is 12.1 Å². The van der Waals surface area contributed by atoms with Crippen LogP contribution in [0.5, 0.6) is 5.75 Å². The Hall–Kier alpha value is -1.11. The molecule has 1 aromatic carbocycles. The number of nitrogens with one attached hydrogen (secondary N) is 1. The van der Waals surface area contributed by atoms with Gasteiger partial charge in [-0.3, -0.25) is 0 Å². The number of aromatic hydroxyl groups is 1. The molecule has 1 aromatic rings. The first-order valence-electron chi connectivity index (χ1n) is 5.92. The topological polar surface area (TPSA) is 75.6 Å². The number of phenolic OH excluding ortho intramolecular Hbond substituents is 1. The molecule has 1 heterocycles. The average Bonchev–Trinajstić information content (AvgIpc) is 2.38. The van der Waals surface area contributed by atoms with E-state index in [2.05, 4.69) is 4.72 Å². The predicted octanol–water partition coefficient (Wildman–Crippen LogP) is 0.991. The van der Waals surface area contributed by atoms with Gasteiger partial charge in [-0.15, -0.1) is 0 Å². The number of ether oxygens (including phenoxy) is 1. The molecular weight excluding hydrogens is 254 g/mol. The minimum Gasteiger partial charge on any atom is -0.508 e. The summed E-state index contributed by atoms with van der Waals surface area (Å²) in [6.07, 6.45) is 1.07. The molecule has 2 N–H and O–H groups in total. The Morgan fingerprint density at radius 3 is 2.72 bits per heavy atom. The Kier molecular flexibility index (Phi) is 4.21. The van der Waals surface area contributed by atoms with E-state index in [0.717, 1.165) is 5.56 Å². The summed E-state index contributed by atoms with van der Waals surface area (Å²) in [4.78, 5) is 0. The molecule has 1 fully saturated rings. The van der Waals surface area contributed by atoms with Gasteiger partial charge in [0, 0.05) is 19.8 Å². The van der Waals surface area contributed by atoms with Crippen LogP contribution in [0.15, 0.2) is 24.3 Å². The lowest BCUT2D eigenvalue weighted by atomic mass is 10.2. The van der Waals surface area contributed by atoms with Gasteiger partial charge in [0.1, 0.15) is 5.75 Å². The van der Waals surface area contributed by atoms with Crippen molar-refractivity contribution in [3.8, 4) is 5.75 Å². The highest BCUT2D eigenvalue weighted by Gasteiger charge is 2.27. The number of phenols is 1. The van der Waals surface area contributed by atoms with Gasteiger partial charge >= 0.3 is 0 Å². The molecule has 0 atom stereocenters. The third-order valence-electron chi connectivity index (χ3n) is 3.00. The molecule has 2 rings (SSSR count). The summed E-state index contributed by atoms with van der Waals surface area (Å²) in [5.41, 5.74) is 0.741. The molecule has 1 aliphatic heterocycles. The maximum atomic E-state index is 12.0. The molecule has 0 bridgehead atoms. The molecule has 0 radical (unpaired) electrons. The Balaban J connectivity index is 1.96. The molecule has 0 aromatic heterocycles. The molecule has 100 valence electrons. The largest absolute Gasteiger partial charge is 0.508 e. The fraction of sp³-hybridized carbons (Fsp3) is 0.500. The van der Waals surface area contributed by atoms with Crippen molar-refractivity contribution >= 4 is 10.0 Å². The van der Waals surface area contributed by atoms with Gasteiger partial charge in [0.15, 0.2) is 0 Å². The minimum absolute atomic E-state index is 0.137. The SMILES string of the molecule is O=S(=O)(NCc1cccc(O)c1)C1CCOCC1. The standard InChI is InChI=1S/C12H17NO4S/c14-11-3-1-2-10(8-11)9-13-18(15,16)12-4-6-17-7-5-12/h1-3,8,12-14H,4-7,9H2. The van der Waals surface area contributed by atoms with E-state index in [4.69, 9.17) is 4.74 Å². The van der Waals surface area contributed by atoms with Crippen LogP contribution < -0.4 is 4.72 Å².